The second kappa shape index (κ2) is 10.2. The second-order valence-corrected chi connectivity index (χ2v) is 8.58. The van der Waals surface area contributed by atoms with Gasteiger partial charge in [-0.15, -0.1) is 11.8 Å². The first-order chi connectivity index (χ1) is 14.1. The van der Waals surface area contributed by atoms with Crippen LogP contribution in [0.3, 0.4) is 0 Å². The first kappa shape index (κ1) is 21.8. The van der Waals surface area contributed by atoms with Gasteiger partial charge in [0.15, 0.2) is 11.5 Å². The van der Waals surface area contributed by atoms with E-state index in [4.69, 9.17) is 9.47 Å². The summed E-state index contributed by atoms with van der Waals surface area (Å²) in [5.74, 6) is 1.79. The Hall–Kier alpha value is -1.93. The van der Waals surface area contributed by atoms with Crippen molar-refractivity contribution in [2.24, 2.45) is 0 Å². The van der Waals surface area contributed by atoms with Gasteiger partial charge in [0.05, 0.1) is 40.4 Å². The lowest BCUT2D eigenvalue weighted by Gasteiger charge is -2.29. The smallest absolute Gasteiger partial charge is 0.243 e. The molecule has 3 rings (SSSR count). The van der Waals surface area contributed by atoms with E-state index in [0.717, 1.165) is 12.1 Å². The molecule has 2 atom stereocenters. The van der Waals surface area contributed by atoms with Crippen molar-refractivity contribution in [1.82, 2.24) is 10.2 Å². The molecule has 1 aromatic carbocycles. The molecule has 2 aliphatic heterocycles. The lowest BCUT2D eigenvalue weighted by atomic mass is 10.1. The van der Waals surface area contributed by atoms with Crippen molar-refractivity contribution in [2.75, 3.05) is 46.2 Å². The van der Waals surface area contributed by atoms with Gasteiger partial charge >= 0.3 is 0 Å². The molecule has 1 aromatic rings. The molecular formula is C21H32N3O4S+. The van der Waals surface area contributed by atoms with Gasteiger partial charge in [0.2, 0.25) is 11.8 Å². The fraction of sp³-hybridized carbons (Fsp3) is 0.619. The molecular weight excluding hydrogens is 390 g/mol. The maximum atomic E-state index is 12.9. The standard InChI is InChI=1S/C21H31N3O4S/c1-4-19(25)24-16(20(26)22-9-12-23-10-5-6-11-23)14-29-21(24)15-7-8-17(27-2)18(13-15)28-3/h7-8,13,16,21H,4-6,9-12,14H2,1-3H3,(H,22,26)/p+1/t16-,21+/m1/s1. The van der Waals surface area contributed by atoms with Crippen LogP contribution in [0.2, 0.25) is 0 Å². The molecule has 8 heteroatoms. The van der Waals surface area contributed by atoms with Crippen LogP contribution in [-0.2, 0) is 9.59 Å². The van der Waals surface area contributed by atoms with Gasteiger partial charge in [0.1, 0.15) is 11.4 Å². The Labute approximate surface area is 177 Å². The summed E-state index contributed by atoms with van der Waals surface area (Å²) < 4.78 is 10.7. The van der Waals surface area contributed by atoms with Gasteiger partial charge in [-0.3, -0.25) is 9.59 Å². The summed E-state index contributed by atoms with van der Waals surface area (Å²) in [6.07, 6.45) is 2.91. The van der Waals surface area contributed by atoms with Crippen LogP contribution in [0.5, 0.6) is 11.5 Å². The number of rotatable bonds is 8. The van der Waals surface area contributed by atoms with Crippen molar-refractivity contribution in [2.45, 2.75) is 37.6 Å². The van der Waals surface area contributed by atoms with Crippen molar-refractivity contribution < 1.29 is 24.0 Å². The number of nitrogens with one attached hydrogen (secondary N) is 2. The maximum Gasteiger partial charge on any atom is 0.243 e. The van der Waals surface area contributed by atoms with Crippen LogP contribution in [0.4, 0.5) is 0 Å². The fourth-order valence-electron chi connectivity index (χ4n) is 4.06. The third-order valence-electron chi connectivity index (χ3n) is 5.67. The number of carbonyl (C=O) groups is 2. The van der Waals surface area contributed by atoms with Gasteiger partial charge < -0.3 is 24.6 Å². The lowest BCUT2D eigenvalue weighted by Crippen LogP contribution is -3.10. The SMILES string of the molecule is CCC(=O)N1[C@@H](C(=O)NCC[NH+]2CCCC2)CS[C@H]1c1ccc(OC)c(OC)c1. The molecule has 0 saturated carbocycles. The lowest BCUT2D eigenvalue weighted by molar-refractivity contribution is -0.886. The van der Waals surface area contributed by atoms with E-state index in [9.17, 15) is 9.59 Å². The maximum absolute atomic E-state index is 12.9. The molecule has 2 saturated heterocycles. The third-order valence-corrected chi connectivity index (χ3v) is 7.00. The van der Waals surface area contributed by atoms with Crippen molar-refractivity contribution in [3.63, 3.8) is 0 Å². The van der Waals surface area contributed by atoms with Crippen LogP contribution < -0.4 is 19.7 Å². The monoisotopic (exact) mass is 422 g/mol. The van der Waals surface area contributed by atoms with Crippen molar-refractivity contribution in [3.05, 3.63) is 23.8 Å². The minimum Gasteiger partial charge on any atom is -0.493 e. The zero-order valence-corrected chi connectivity index (χ0v) is 18.3. The predicted octanol–water partition coefficient (Wildman–Crippen LogP) is 0.851. The Kier molecular flexibility index (Phi) is 7.66. The van der Waals surface area contributed by atoms with Crippen LogP contribution in [-0.4, -0.2) is 68.9 Å². The molecule has 2 fully saturated rings. The van der Waals surface area contributed by atoms with E-state index in [1.807, 2.05) is 25.1 Å². The number of ether oxygens (including phenoxy) is 2. The molecule has 2 amide bonds. The zero-order valence-electron chi connectivity index (χ0n) is 17.5. The summed E-state index contributed by atoms with van der Waals surface area (Å²) in [7, 11) is 3.19. The van der Waals surface area contributed by atoms with Gasteiger partial charge in [-0.25, -0.2) is 0 Å². The summed E-state index contributed by atoms with van der Waals surface area (Å²) in [4.78, 5) is 28.9. The first-order valence-corrected chi connectivity index (χ1v) is 11.4. The highest BCUT2D eigenvalue weighted by Gasteiger charge is 2.41. The zero-order chi connectivity index (χ0) is 20.8. The van der Waals surface area contributed by atoms with Crippen LogP contribution in [0.25, 0.3) is 0 Å². The Morgan fingerprint density at radius 1 is 1.21 bits per heavy atom. The number of amides is 2. The third kappa shape index (κ3) is 4.98. The summed E-state index contributed by atoms with van der Waals surface area (Å²) in [5, 5.41) is 2.86. The highest BCUT2D eigenvalue weighted by Crippen LogP contribution is 2.44. The van der Waals surface area contributed by atoms with Crippen LogP contribution in [0, 0.1) is 0 Å². The molecule has 0 aliphatic carbocycles. The summed E-state index contributed by atoms with van der Waals surface area (Å²) in [6.45, 7) is 5.83. The molecule has 2 heterocycles. The van der Waals surface area contributed by atoms with E-state index >= 15 is 0 Å². The number of methoxy groups -OCH3 is 2. The number of thioether (sulfide) groups is 1. The Bertz CT molecular complexity index is 724. The van der Waals surface area contributed by atoms with Gasteiger partial charge in [-0.2, -0.15) is 0 Å². The number of nitrogens with zero attached hydrogens (tertiary/aromatic N) is 1. The number of carbonyl (C=O) groups excluding carboxylic acids is 2. The fourth-order valence-corrected chi connectivity index (χ4v) is 5.50. The predicted molar refractivity (Wildman–Crippen MR) is 113 cm³/mol. The minimum atomic E-state index is -0.445. The minimum absolute atomic E-state index is 0.0138. The van der Waals surface area contributed by atoms with Crippen molar-refractivity contribution >= 4 is 23.6 Å². The molecule has 0 unspecified atom stereocenters. The van der Waals surface area contributed by atoms with Crippen LogP contribution >= 0.6 is 11.8 Å². The van der Waals surface area contributed by atoms with E-state index in [1.54, 1.807) is 35.8 Å². The normalized spacial score (nSPS) is 22.0. The van der Waals surface area contributed by atoms with E-state index < -0.39 is 6.04 Å². The number of likely N-dealkylation sites (tertiary alicyclic amines) is 1. The largest absolute Gasteiger partial charge is 0.493 e. The Morgan fingerprint density at radius 2 is 1.93 bits per heavy atom. The summed E-state index contributed by atoms with van der Waals surface area (Å²) in [5.41, 5.74) is 0.936. The topological polar surface area (TPSA) is 72.3 Å². The average molecular weight is 423 g/mol. The molecule has 160 valence electrons. The van der Waals surface area contributed by atoms with Crippen molar-refractivity contribution in [1.29, 1.82) is 0 Å². The van der Waals surface area contributed by atoms with Crippen LogP contribution in [0.15, 0.2) is 18.2 Å². The van der Waals surface area contributed by atoms with E-state index in [2.05, 4.69) is 5.32 Å². The quantitative estimate of drug-likeness (QED) is 0.650. The number of benzene rings is 1. The Morgan fingerprint density at radius 3 is 2.59 bits per heavy atom. The Balaban J connectivity index is 1.71. The highest BCUT2D eigenvalue weighted by atomic mass is 32.2. The van der Waals surface area contributed by atoms with E-state index in [0.29, 0.717) is 30.2 Å². The van der Waals surface area contributed by atoms with Gasteiger partial charge in [0, 0.05) is 25.0 Å². The van der Waals surface area contributed by atoms with E-state index in [-0.39, 0.29) is 17.2 Å². The molecule has 0 bridgehead atoms. The van der Waals surface area contributed by atoms with Crippen LogP contribution in [0.1, 0.15) is 37.1 Å². The molecule has 2 N–H and O–H groups in total. The number of hydrogen-bond donors (Lipinski definition) is 2. The van der Waals surface area contributed by atoms with Crippen molar-refractivity contribution in [3.8, 4) is 11.5 Å². The molecule has 0 radical (unpaired) electrons. The highest BCUT2D eigenvalue weighted by molar-refractivity contribution is 7.99. The average Bonchev–Trinajstić information content (AvgIpc) is 3.42. The number of hydrogen-bond acceptors (Lipinski definition) is 5. The second-order valence-electron chi connectivity index (χ2n) is 7.47. The molecule has 7 nitrogen and oxygen atoms in total. The molecule has 0 aromatic heterocycles. The molecule has 0 spiro atoms. The first-order valence-electron chi connectivity index (χ1n) is 10.3. The van der Waals surface area contributed by atoms with Gasteiger partial charge in [-0.05, 0) is 17.7 Å². The molecule has 29 heavy (non-hydrogen) atoms. The van der Waals surface area contributed by atoms with E-state index in [1.165, 1.54) is 25.9 Å². The summed E-state index contributed by atoms with van der Waals surface area (Å²) in [6, 6.07) is 5.23. The molecule has 2 aliphatic rings. The van der Waals surface area contributed by atoms with Gasteiger partial charge in [-0.1, -0.05) is 13.0 Å². The number of quaternary nitrogens is 1. The van der Waals surface area contributed by atoms with Gasteiger partial charge in [0.25, 0.3) is 0 Å². The summed E-state index contributed by atoms with van der Waals surface area (Å²) >= 11 is 1.62.